The molecular formula is C14H18BrNO3. The van der Waals surface area contributed by atoms with Crippen LogP contribution < -0.4 is 14.8 Å². The Labute approximate surface area is 121 Å². The van der Waals surface area contributed by atoms with E-state index >= 15 is 0 Å². The highest BCUT2D eigenvalue weighted by Crippen LogP contribution is 2.45. The van der Waals surface area contributed by atoms with Crippen LogP contribution in [0.25, 0.3) is 0 Å². The lowest BCUT2D eigenvalue weighted by Crippen LogP contribution is -2.31. The molecule has 1 saturated heterocycles. The molecule has 0 spiro atoms. The number of hydrogen-bond donors (Lipinski definition) is 2. The maximum atomic E-state index is 10.3. The molecule has 5 heteroatoms. The van der Waals surface area contributed by atoms with E-state index in [0.29, 0.717) is 23.6 Å². The first-order chi connectivity index (χ1) is 9.25. The minimum atomic E-state index is 0.287. The molecule has 1 atom stereocenters. The van der Waals surface area contributed by atoms with Crippen LogP contribution in [0.2, 0.25) is 0 Å². The van der Waals surface area contributed by atoms with E-state index < -0.39 is 0 Å². The van der Waals surface area contributed by atoms with Gasteiger partial charge in [-0.2, -0.15) is 0 Å². The monoisotopic (exact) mass is 327 g/mol. The smallest absolute Gasteiger partial charge is 0.168 e. The van der Waals surface area contributed by atoms with Crippen molar-refractivity contribution in [1.82, 2.24) is 5.32 Å². The van der Waals surface area contributed by atoms with Crippen LogP contribution in [0, 0.1) is 5.92 Å². The normalized spacial score (nSPS) is 22.3. The molecule has 1 unspecified atom stereocenters. The molecule has 19 heavy (non-hydrogen) atoms. The average Bonchev–Trinajstić information content (AvgIpc) is 2.45. The number of hydrogen-bond acceptors (Lipinski definition) is 4. The summed E-state index contributed by atoms with van der Waals surface area (Å²) in [6.07, 6.45) is 3.21. The van der Waals surface area contributed by atoms with Crippen LogP contribution in [-0.2, 0) is 6.42 Å². The lowest BCUT2D eigenvalue weighted by Gasteiger charge is -2.27. The second-order valence-corrected chi connectivity index (χ2v) is 5.98. The van der Waals surface area contributed by atoms with Gasteiger partial charge in [0.2, 0.25) is 0 Å². The number of halogens is 1. The molecule has 4 nitrogen and oxygen atoms in total. The average molecular weight is 328 g/mol. The molecule has 3 rings (SSSR count). The van der Waals surface area contributed by atoms with Gasteiger partial charge in [0.05, 0.1) is 4.47 Å². The molecular weight excluding hydrogens is 310 g/mol. The standard InChI is InChI=1S/C14H18BrNO3/c15-11-7-12-14(19-5-4-18-12)10(13(11)17)6-9-2-1-3-16-8-9/h7,9,16-17H,1-6,8H2. The van der Waals surface area contributed by atoms with Gasteiger partial charge in [-0.05, 0) is 54.2 Å². The van der Waals surface area contributed by atoms with Gasteiger partial charge in [-0.1, -0.05) is 0 Å². The van der Waals surface area contributed by atoms with Crippen molar-refractivity contribution in [1.29, 1.82) is 0 Å². The quantitative estimate of drug-likeness (QED) is 0.876. The first kappa shape index (κ1) is 13.1. The highest BCUT2D eigenvalue weighted by Gasteiger charge is 2.25. The molecule has 2 aliphatic rings. The minimum absolute atomic E-state index is 0.287. The van der Waals surface area contributed by atoms with Gasteiger partial charge < -0.3 is 19.9 Å². The Balaban J connectivity index is 1.91. The molecule has 2 aliphatic heterocycles. The van der Waals surface area contributed by atoms with E-state index in [2.05, 4.69) is 21.2 Å². The number of fused-ring (bicyclic) bond motifs is 1. The fourth-order valence-corrected chi connectivity index (χ4v) is 3.23. The van der Waals surface area contributed by atoms with Crippen molar-refractivity contribution < 1.29 is 14.6 Å². The summed E-state index contributed by atoms with van der Waals surface area (Å²) < 4.78 is 12.0. The van der Waals surface area contributed by atoms with E-state index in [4.69, 9.17) is 9.47 Å². The van der Waals surface area contributed by atoms with Crippen LogP contribution in [0.1, 0.15) is 18.4 Å². The fraction of sp³-hybridized carbons (Fsp3) is 0.571. The van der Waals surface area contributed by atoms with Crippen LogP contribution in [0.4, 0.5) is 0 Å². The van der Waals surface area contributed by atoms with E-state index in [-0.39, 0.29) is 5.75 Å². The molecule has 0 amide bonds. The summed E-state index contributed by atoms with van der Waals surface area (Å²) in [4.78, 5) is 0. The highest BCUT2D eigenvalue weighted by atomic mass is 79.9. The van der Waals surface area contributed by atoms with E-state index in [1.54, 1.807) is 6.07 Å². The number of phenols is 1. The van der Waals surface area contributed by atoms with Gasteiger partial charge in [-0.25, -0.2) is 0 Å². The Morgan fingerprint density at radius 1 is 1.37 bits per heavy atom. The molecule has 1 aromatic carbocycles. The Morgan fingerprint density at radius 3 is 3.00 bits per heavy atom. The van der Waals surface area contributed by atoms with Crippen LogP contribution >= 0.6 is 15.9 Å². The molecule has 1 aromatic rings. The summed E-state index contributed by atoms with van der Waals surface area (Å²) in [5.74, 6) is 2.28. The molecule has 1 fully saturated rings. The highest BCUT2D eigenvalue weighted by molar-refractivity contribution is 9.10. The number of ether oxygens (including phenoxy) is 2. The topological polar surface area (TPSA) is 50.7 Å². The number of benzene rings is 1. The molecule has 2 N–H and O–H groups in total. The van der Waals surface area contributed by atoms with Gasteiger partial charge >= 0.3 is 0 Å². The number of piperidine rings is 1. The summed E-state index contributed by atoms with van der Waals surface area (Å²) in [5.41, 5.74) is 0.873. The molecule has 2 heterocycles. The van der Waals surface area contributed by atoms with Crippen molar-refractivity contribution in [2.45, 2.75) is 19.3 Å². The Morgan fingerprint density at radius 2 is 2.21 bits per heavy atom. The summed E-state index contributed by atoms with van der Waals surface area (Å²) in [6.45, 7) is 3.21. The second-order valence-electron chi connectivity index (χ2n) is 5.13. The van der Waals surface area contributed by atoms with Crippen LogP contribution in [0.3, 0.4) is 0 Å². The predicted octanol–water partition coefficient (Wildman–Crippen LogP) is 2.47. The van der Waals surface area contributed by atoms with Crippen LogP contribution in [-0.4, -0.2) is 31.4 Å². The van der Waals surface area contributed by atoms with E-state index in [1.165, 1.54) is 12.8 Å². The molecule has 0 aliphatic carbocycles. The fourth-order valence-electron chi connectivity index (χ4n) is 2.79. The largest absolute Gasteiger partial charge is 0.506 e. The van der Waals surface area contributed by atoms with Gasteiger partial charge in [0.25, 0.3) is 0 Å². The maximum Gasteiger partial charge on any atom is 0.168 e. The van der Waals surface area contributed by atoms with Gasteiger partial charge in [0.15, 0.2) is 11.5 Å². The Hall–Kier alpha value is -0.940. The molecule has 104 valence electrons. The van der Waals surface area contributed by atoms with Gasteiger partial charge in [-0.3, -0.25) is 0 Å². The first-order valence-corrected chi connectivity index (χ1v) is 7.55. The molecule has 0 saturated carbocycles. The summed E-state index contributed by atoms with van der Waals surface area (Å²) in [6, 6.07) is 1.78. The van der Waals surface area contributed by atoms with Crippen LogP contribution in [0.5, 0.6) is 17.2 Å². The predicted molar refractivity (Wildman–Crippen MR) is 76.1 cm³/mol. The van der Waals surface area contributed by atoms with Crippen molar-refractivity contribution in [3.05, 3.63) is 16.1 Å². The van der Waals surface area contributed by atoms with Gasteiger partial charge in [-0.15, -0.1) is 0 Å². The number of aromatic hydroxyl groups is 1. The maximum absolute atomic E-state index is 10.3. The first-order valence-electron chi connectivity index (χ1n) is 6.76. The number of nitrogens with one attached hydrogen (secondary N) is 1. The zero-order valence-electron chi connectivity index (χ0n) is 10.7. The number of rotatable bonds is 2. The van der Waals surface area contributed by atoms with Crippen molar-refractivity contribution in [2.75, 3.05) is 26.3 Å². The second kappa shape index (κ2) is 5.59. The summed E-state index contributed by atoms with van der Waals surface area (Å²) in [7, 11) is 0. The molecule has 0 aromatic heterocycles. The van der Waals surface area contributed by atoms with E-state index in [1.807, 2.05) is 0 Å². The third-order valence-corrected chi connectivity index (χ3v) is 4.35. The third kappa shape index (κ3) is 2.67. The van der Waals surface area contributed by atoms with Crippen molar-refractivity contribution in [3.8, 4) is 17.2 Å². The zero-order chi connectivity index (χ0) is 13.2. The minimum Gasteiger partial charge on any atom is -0.506 e. The lowest BCUT2D eigenvalue weighted by molar-refractivity contribution is 0.168. The van der Waals surface area contributed by atoms with Gasteiger partial charge in [0.1, 0.15) is 19.0 Å². The summed E-state index contributed by atoms with van der Waals surface area (Å²) >= 11 is 3.39. The Bertz CT molecular complexity index is 472. The molecule has 0 bridgehead atoms. The van der Waals surface area contributed by atoms with Crippen molar-refractivity contribution in [3.63, 3.8) is 0 Å². The third-order valence-electron chi connectivity index (χ3n) is 3.75. The summed E-state index contributed by atoms with van der Waals surface area (Å²) in [5, 5.41) is 13.7. The van der Waals surface area contributed by atoms with E-state index in [9.17, 15) is 5.11 Å². The number of phenolic OH excluding ortho intramolecular Hbond substituents is 1. The van der Waals surface area contributed by atoms with Crippen molar-refractivity contribution >= 4 is 15.9 Å². The lowest BCUT2D eigenvalue weighted by atomic mass is 9.91. The van der Waals surface area contributed by atoms with E-state index in [0.717, 1.165) is 36.6 Å². The zero-order valence-corrected chi connectivity index (χ0v) is 12.3. The SMILES string of the molecule is Oc1c(Br)cc2c(c1CC1CCCNC1)OCCO2. The Kier molecular flexibility index (Phi) is 3.84. The van der Waals surface area contributed by atoms with Gasteiger partial charge in [0, 0.05) is 11.6 Å². The van der Waals surface area contributed by atoms with Crippen LogP contribution in [0.15, 0.2) is 10.5 Å². The molecule has 0 radical (unpaired) electrons. The van der Waals surface area contributed by atoms with Crippen molar-refractivity contribution in [2.24, 2.45) is 5.92 Å².